The maximum atomic E-state index is 12.4. The van der Waals surface area contributed by atoms with Crippen molar-refractivity contribution in [1.82, 2.24) is 4.90 Å². The molecule has 0 aromatic heterocycles. The van der Waals surface area contributed by atoms with Gasteiger partial charge in [0, 0.05) is 13.0 Å². The van der Waals surface area contributed by atoms with E-state index in [0.717, 1.165) is 19.3 Å². The van der Waals surface area contributed by atoms with Crippen molar-refractivity contribution < 1.29 is 19.5 Å². The Hall–Kier alpha value is -1.39. The third-order valence-electron chi connectivity index (χ3n) is 4.89. The molecule has 0 aromatic carbocycles. The molecule has 20 heavy (non-hydrogen) atoms. The van der Waals surface area contributed by atoms with Crippen molar-refractivity contribution in [3.63, 3.8) is 0 Å². The standard InChI is InChI=1S/C15H23NO4/c1-3-9-5-11-12(6-9)15(20)16(14(11)19)8-10(4-2)7-13(17)18/h9-12H,3-8H2,1-2H3,(H,17,18). The summed E-state index contributed by atoms with van der Waals surface area (Å²) >= 11 is 0. The van der Waals surface area contributed by atoms with E-state index in [0.29, 0.717) is 12.3 Å². The minimum absolute atomic E-state index is 0.0144. The molecule has 5 nitrogen and oxygen atoms in total. The molecule has 3 atom stereocenters. The third-order valence-corrected chi connectivity index (χ3v) is 4.89. The summed E-state index contributed by atoms with van der Waals surface area (Å²) in [7, 11) is 0. The number of nitrogens with zero attached hydrogens (tertiary/aromatic N) is 1. The first-order valence-electron chi connectivity index (χ1n) is 7.54. The van der Waals surface area contributed by atoms with Crippen LogP contribution in [-0.2, 0) is 14.4 Å². The molecule has 0 bridgehead atoms. The molecular formula is C15H23NO4. The number of likely N-dealkylation sites (tertiary alicyclic amines) is 1. The number of carbonyl (C=O) groups is 3. The minimum atomic E-state index is -0.873. The normalized spacial score (nSPS) is 30.7. The van der Waals surface area contributed by atoms with Gasteiger partial charge >= 0.3 is 5.97 Å². The Bertz CT molecular complexity index is 396. The van der Waals surface area contributed by atoms with Crippen LogP contribution in [0.1, 0.15) is 46.0 Å². The summed E-state index contributed by atoms with van der Waals surface area (Å²) in [5, 5.41) is 8.86. The second-order valence-electron chi connectivity index (χ2n) is 6.12. The van der Waals surface area contributed by atoms with Crippen LogP contribution in [0.5, 0.6) is 0 Å². The Morgan fingerprint density at radius 1 is 1.25 bits per heavy atom. The number of fused-ring (bicyclic) bond motifs is 1. The maximum Gasteiger partial charge on any atom is 0.303 e. The predicted molar refractivity (Wildman–Crippen MR) is 72.7 cm³/mol. The van der Waals surface area contributed by atoms with Gasteiger partial charge in [-0.3, -0.25) is 19.3 Å². The lowest BCUT2D eigenvalue weighted by molar-refractivity contribution is -0.144. The fraction of sp³-hybridized carbons (Fsp3) is 0.800. The number of carboxylic acids is 1. The van der Waals surface area contributed by atoms with Crippen LogP contribution in [0.25, 0.3) is 0 Å². The van der Waals surface area contributed by atoms with Gasteiger partial charge in [-0.1, -0.05) is 26.7 Å². The highest BCUT2D eigenvalue weighted by Gasteiger charge is 2.52. The van der Waals surface area contributed by atoms with Gasteiger partial charge in [-0.05, 0) is 24.7 Å². The van der Waals surface area contributed by atoms with E-state index in [9.17, 15) is 14.4 Å². The SMILES string of the molecule is CCC1CC2C(=O)N(CC(CC)CC(=O)O)C(=O)C2C1. The van der Waals surface area contributed by atoms with E-state index >= 15 is 0 Å². The van der Waals surface area contributed by atoms with Gasteiger partial charge in [0.1, 0.15) is 0 Å². The molecule has 2 amide bonds. The van der Waals surface area contributed by atoms with Crippen molar-refractivity contribution in [1.29, 1.82) is 0 Å². The zero-order valence-corrected chi connectivity index (χ0v) is 12.2. The second-order valence-corrected chi connectivity index (χ2v) is 6.12. The molecule has 0 aromatic rings. The molecule has 1 aliphatic heterocycles. The number of hydrogen-bond donors (Lipinski definition) is 1. The van der Waals surface area contributed by atoms with Crippen LogP contribution >= 0.6 is 0 Å². The highest BCUT2D eigenvalue weighted by atomic mass is 16.4. The van der Waals surface area contributed by atoms with E-state index in [-0.39, 0.29) is 42.5 Å². The monoisotopic (exact) mass is 281 g/mol. The topological polar surface area (TPSA) is 74.7 Å². The fourth-order valence-corrected chi connectivity index (χ4v) is 3.55. The smallest absolute Gasteiger partial charge is 0.303 e. The molecule has 1 N–H and O–H groups in total. The predicted octanol–water partition coefficient (Wildman–Crippen LogP) is 1.91. The number of carbonyl (C=O) groups excluding carboxylic acids is 2. The summed E-state index contributed by atoms with van der Waals surface area (Å²) < 4.78 is 0. The first kappa shape index (κ1) is 15.0. The average molecular weight is 281 g/mol. The maximum absolute atomic E-state index is 12.4. The molecule has 3 unspecified atom stereocenters. The van der Waals surface area contributed by atoms with Crippen molar-refractivity contribution in [2.75, 3.05) is 6.54 Å². The summed E-state index contributed by atoms with van der Waals surface area (Å²) in [4.78, 5) is 36.8. The van der Waals surface area contributed by atoms with Gasteiger partial charge in [0.05, 0.1) is 11.8 Å². The summed E-state index contributed by atoms with van der Waals surface area (Å²) in [6.07, 6.45) is 3.33. The molecule has 1 saturated heterocycles. The quantitative estimate of drug-likeness (QED) is 0.755. The molecule has 112 valence electrons. The molecule has 1 aliphatic carbocycles. The van der Waals surface area contributed by atoms with Gasteiger partial charge in [-0.15, -0.1) is 0 Å². The molecule has 2 aliphatic rings. The average Bonchev–Trinajstić information content (AvgIpc) is 2.92. The third kappa shape index (κ3) is 2.72. The number of amides is 2. The van der Waals surface area contributed by atoms with Crippen molar-refractivity contribution >= 4 is 17.8 Å². The van der Waals surface area contributed by atoms with Gasteiger partial charge in [0.15, 0.2) is 0 Å². The Morgan fingerprint density at radius 3 is 2.20 bits per heavy atom. The van der Waals surface area contributed by atoms with Crippen LogP contribution in [0.3, 0.4) is 0 Å². The van der Waals surface area contributed by atoms with Crippen LogP contribution in [0, 0.1) is 23.7 Å². The lowest BCUT2D eigenvalue weighted by Gasteiger charge is -2.22. The first-order valence-corrected chi connectivity index (χ1v) is 7.54. The number of rotatable bonds is 6. The number of hydrogen-bond acceptors (Lipinski definition) is 3. The Kier molecular flexibility index (Phi) is 4.45. The number of imide groups is 1. The molecule has 5 heteroatoms. The Labute approximate surface area is 119 Å². The molecule has 1 heterocycles. The van der Waals surface area contributed by atoms with Gasteiger partial charge in [0.2, 0.25) is 11.8 Å². The summed E-state index contributed by atoms with van der Waals surface area (Å²) in [5.74, 6) is -0.950. The fourth-order valence-electron chi connectivity index (χ4n) is 3.55. The first-order chi connectivity index (χ1) is 9.47. The van der Waals surface area contributed by atoms with E-state index in [1.807, 2.05) is 6.92 Å². The summed E-state index contributed by atoms with van der Waals surface area (Å²) in [6, 6.07) is 0. The molecular weight excluding hydrogens is 258 g/mol. The van der Waals surface area contributed by atoms with E-state index in [1.165, 1.54) is 4.90 Å². The number of carboxylic acid groups (broad SMARTS) is 1. The Morgan fingerprint density at radius 2 is 1.80 bits per heavy atom. The highest BCUT2D eigenvalue weighted by Crippen LogP contribution is 2.44. The van der Waals surface area contributed by atoms with Crippen molar-refractivity contribution in [3.8, 4) is 0 Å². The van der Waals surface area contributed by atoms with Crippen LogP contribution in [0.15, 0.2) is 0 Å². The van der Waals surface area contributed by atoms with Crippen LogP contribution < -0.4 is 0 Å². The van der Waals surface area contributed by atoms with E-state index in [2.05, 4.69) is 6.92 Å². The molecule has 2 fully saturated rings. The summed E-state index contributed by atoms with van der Waals surface area (Å²) in [5.41, 5.74) is 0. The zero-order chi connectivity index (χ0) is 14.9. The second kappa shape index (κ2) is 5.94. The molecule has 0 spiro atoms. The largest absolute Gasteiger partial charge is 0.481 e. The highest BCUT2D eigenvalue weighted by molar-refractivity contribution is 6.05. The van der Waals surface area contributed by atoms with Crippen molar-refractivity contribution in [2.45, 2.75) is 46.0 Å². The molecule has 1 saturated carbocycles. The molecule has 0 radical (unpaired) electrons. The minimum Gasteiger partial charge on any atom is -0.481 e. The van der Waals surface area contributed by atoms with Crippen LogP contribution in [0.2, 0.25) is 0 Å². The van der Waals surface area contributed by atoms with Crippen molar-refractivity contribution in [3.05, 3.63) is 0 Å². The lowest BCUT2D eigenvalue weighted by Crippen LogP contribution is -2.37. The van der Waals surface area contributed by atoms with Crippen LogP contribution in [-0.4, -0.2) is 34.3 Å². The van der Waals surface area contributed by atoms with E-state index in [1.54, 1.807) is 0 Å². The van der Waals surface area contributed by atoms with Crippen LogP contribution in [0.4, 0.5) is 0 Å². The van der Waals surface area contributed by atoms with Crippen molar-refractivity contribution in [2.24, 2.45) is 23.7 Å². The summed E-state index contributed by atoms with van der Waals surface area (Å²) in [6.45, 7) is 4.26. The zero-order valence-electron chi connectivity index (χ0n) is 12.2. The number of aliphatic carboxylic acids is 1. The van der Waals surface area contributed by atoms with Gasteiger partial charge in [-0.25, -0.2) is 0 Å². The van der Waals surface area contributed by atoms with Gasteiger partial charge < -0.3 is 5.11 Å². The Balaban J connectivity index is 2.03. The van der Waals surface area contributed by atoms with E-state index < -0.39 is 5.97 Å². The van der Waals surface area contributed by atoms with Gasteiger partial charge in [0.25, 0.3) is 0 Å². The molecule has 2 rings (SSSR count). The van der Waals surface area contributed by atoms with Gasteiger partial charge in [-0.2, -0.15) is 0 Å². The lowest BCUT2D eigenvalue weighted by atomic mass is 10.00. The van der Waals surface area contributed by atoms with E-state index in [4.69, 9.17) is 5.11 Å².